The van der Waals surface area contributed by atoms with Crippen LogP contribution in [0.1, 0.15) is 27.7 Å². The molecule has 120 valence electrons. The first-order chi connectivity index (χ1) is 9.76. The molecule has 1 saturated heterocycles. The van der Waals surface area contributed by atoms with Crippen LogP contribution in [0.5, 0.6) is 0 Å². The van der Waals surface area contributed by atoms with Gasteiger partial charge in [0, 0.05) is 20.8 Å². The second kappa shape index (κ2) is 7.37. The second-order valence-corrected chi connectivity index (χ2v) is 4.78. The van der Waals surface area contributed by atoms with Gasteiger partial charge in [0.25, 0.3) is 0 Å². The van der Waals surface area contributed by atoms with E-state index in [0.29, 0.717) is 0 Å². The summed E-state index contributed by atoms with van der Waals surface area (Å²) in [4.78, 5) is 33.7. The van der Waals surface area contributed by atoms with E-state index < -0.39 is 55.0 Å². The minimum Gasteiger partial charge on any atom is -0.456 e. The monoisotopic (exact) mass is 304 g/mol. The molecule has 1 heterocycles. The van der Waals surface area contributed by atoms with Crippen molar-refractivity contribution in [1.29, 1.82) is 0 Å². The first kappa shape index (κ1) is 17.4. The Morgan fingerprint density at radius 1 is 0.905 bits per heavy atom. The molecule has 1 aliphatic rings. The summed E-state index contributed by atoms with van der Waals surface area (Å²) in [5.74, 6) is -1.84. The molecule has 1 fully saturated rings. The Balaban J connectivity index is 3.08. The number of ether oxygens (including phenoxy) is 4. The molecule has 8 heteroatoms. The Kier molecular flexibility index (Phi) is 6.10. The van der Waals surface area contributed by atoms with Gasteiger partial charge in [-0.2, -0.15) is 0 Å². The van der Waals surface area contributed by atoms with Crippen LogP contribution in [0.15, 0.2) is 0 Å². The SMILES string of the molecule is CC(=O)OC1[C@H](OC(C)=O)C(C)OC(CO)[C@@H]1OC(C)=O. The van der Waals surface area contributed by atoms with Crippen LogP contribution < -0.4 is 0 Å². The molecule has 0 amide bonds. The molecule has 0 bridgehead atoms. The Morgan fingerprint density at radius 2 is 1.33 bits per heavy atom. The summed E-state index contributed by atoms with van der Waals surface area (Å²) in [6.45, 7) is 4.74. The standard InChI is InChI=1S/C13H20O8/c1-6-11(19-7(2)15)13(21-9(4)17)12(20-8(3)16)10(5-14)18-6/h6,10-14H,5H2,1-4H3/t6?,10?,11-,12+,13?/m1/s1. The molecule has 3 unspecified atom stereocenters. The van der Waals surface area contributed by atoms with Crippen LogP contribution in [-0.2, 0) is 33.3 Å². The zero-order valence-electron chi connectivity index (χ0n) is 12.4. The summed E-state index contributed by atoms with van der Waals surface area (Å²) < 4.78 is 20.8. The molecule has 1 aliphatic heterocycles. The molecule has 8 nitrogen and oxygen atoms in total. The molecule has 0 radical (unpaired) electrons. The fourth-order valence-electron chi connectivity index (χ4n) is 2.26. The third-order valence-electron chi connectivity index (χ3n) is 2.95. The van der Waals surface area contributed by atoms with E-state index in [0.717, 1.165) is 0 Å². The molecule has 0 spiro atoms. The van der Waals surface area contributed by atoms with Crippen molar-refractivity contribution in [3.8, 4) is 0 Å². The molecule has 0 saturated carbocycles. The number of aliphatic hydroxyl groups is 1. The Hall–Kier alpha value is -1.67. The highest BCUT2D eigenvalue weighted by Crippen LogP contribution is 2.28. The lowest BCUT2D eigenvalue weighted by molar-refractivity contribution is -0.248. The second-order valence-electron chi connectivity index (χ2n) is 4.78. The number of aliphatic hydroxyl groups excluding tert-OH is 1. The van der Waals surface area contributed by atoms with Crippen molar-refractivity contribution in [1.82, 2.24) is 0 Å². The van der Waals surface area contributed by atoms with Crippen LogP contribution in [-0.4, -0.2) is 60.1 Å². The first-order valence-electron chi connectivity index (χ1n) is 6.54. The first-order valence-corrected chi connectivity index (χ1v) is 6.54. The molecule has 21 heavy (non-hydrogen) atoms. The van der Waals surface area contributed by atoms with E-state index in [4.69, 9.17) is 18.9 Å². The minimum atomic E-state index is -1.06. The highest BCUT2D eigenvalue weighted by molar-refractivity contribution is 5.68. The number of carbonyl (C=O) groups is 3. The average molecular weight is 304 g/mol. The average Bonchev–Trinajstić information content (AvgIpc) is 2.35. The van der Waals surface area contributed by atoms with Crippen molar-refractivity contribution in [2.45, 2.75) is 58.2 Å². The highest BCUT2D eigenvalue weighted by Gasteiger charge is 2.49. The molecule has 5 atom stereocenters. The zero-order chi connectivity index (χ0) is 16.2. The molecule has 1 N–H and O–H groups in total. The van der Waals surface area contributed by atoms with E-state index >= 15 is 0 Å². The normalized spacial score (nSPS) is 32.1. The predicted molar refractivity (Wildman–Crippen MR) is 68.1 cm³/mol. The third kappa shape index (κ3) is 4.68. The maximum Gasteiger partial charge on any atom is 0.303 e. The van der Waals surface area contributed by atoms with Crippen molar-refractivity contribution < 1.29 is 38.4 Å². The highest BCUT2D eigenvalue weighted by atomic mass is 16.6. The van der Waals surface area contributed by atoms with Crippen molar-refractivity contribution in [2.75, 3.05) is 6.61 Å². The molecule has 0 aromatic rings. The number of esters is 3. The van der Waals surface area contributed by atoms with E-state index in [-0.39, 0.29) is 0 Å². The van der Waals surface area contributed by atoms with Crippen LogP contribution in [0.3, 0.4) is 0 Å². The van der Waals surface area contributed by atoms with Gasteiger partial charge in [-0.1, -0.05) is 0 Å². The fourth-order valence-corrected chi connectivity index (χ4v) is 2.26. The summed E-state index contributed by atoms with van der Waals surface area (Å²) in [6, 6.07) is 0. The largest absolute Gasteiger partial charge is 0.456 e. The summed E-state index contributed by atoms with van der Waals surface area (Å²) in [6.07, 6.45) is -4.55. The van der Waals surface area contributed by atoms with E-state index in [1.54, 1.807) is 6.92 Å². The molecular weight excluding hydrogens is 284 g/mol. The van der Waals surface area contributed by atoms with Crippen LogP contribution in [0.2, 0.25) is 0 Å². The van der Waals surface area contributed by atoms with E-state index in [1.165, 1.54) is 20.8 Å². The lowest BCUT2D eigenvalue weighted by Crippen LogP contribution is -2.61. The summed E-state index contributed by atoms with van der Waals surface area (Å²) in [5.41, 5.74) is 0. The number of rotatable bonds is 4. The summed E-state index contributed by atoms with van der Waals surface area (Å²) in [5, 5.41) is 9.35. The van der Waals surface area contributed by atoms with Gasteiger partial charge in [-0.25, -0.2) is 0 Å². The number of carbonyl (C=O) groups excluding carboxylic acids is 3. The molecule has 1 rings (SSSR count). The van der Waals surface area contributed by atoms with Crippen molar-refractivity contribution in [2.24, 2.45) is 0 Å². The van der Waals surface area contributed by atoms with Gasteiger partial charge < -0.3 is 24.1 Å². The van der Waals surface area contributed by atoms with Gasteiger partial charge in [0.2, 0.25) is 0 Å². The van der Waals surface area contributed by atoms with E-state index in [1.807, 2.05) is 0 Å². The summed E-state index contributed by atoms with van der Waals surface area (Å²) in [7, 11) is 0. The van der Waals surface area contributed by atoms with Gasteiger partial charge in [0.1, 0.15) is 6.10 Å². The van der Waals surface area contributed by atoms with Gasteiger partial charge in [0.05, 0.1) is 12.7 Å². The maximum absolute atomic E-state index is 11.3. The van der Waals surface area contributed by atoms with Gasteiger partial charge in [-0.15, -0.1) is 0 Å². The molecule has 0 aromatic heterocycles. The topological polar surface area (TPSA) is 108 Å². The van der Waals surface area contributed by atoms with Crippen molar-refractivity contribution in [3.05, 3.63) is 0 Å². The smallest absolute Gasteiger partial charge is 0.303 e. The van der Waals surface area contributed by atoms with Gasteiger partial charge in [-0.05, 0) is 6.92 Å². The van der Waals surface area contributed by atoms with Crippen molar-refractivity contribution in [3.63, 3.8) is 0 Å². The van der Waals surface area contributed by atoms with Gasteiger partial charge >= 0.3 is 17.9 Å². The number of hydrogen-bond acceptors (Lipinski definition) is 8. The Labute approximate surface area is 122 Å². The van der Waals surface area contributed by atoms with Gasteiger partial charge in [0.15, 0.2) is 18.3 Å². The minimum absolute atomic E-state index is 0.438. The third-order valence-corrected chi connectivity index (χ3v) is 2.95. The quantitative estimate of drug-likeness (QED) is 0.550. The summed E-state index contributed by atoms with van der Waals surface area (Å²) >= 11 is 0. The zero-order valence-corrected chi connectivity index (χ0v) is 12.4. The van der Waals surface area contributed by atoms with Crippen LogP contribution in [0.25, 0.3) is 0 Å². The molecular formula is C13H20O8. The Morgan fingerprint density at radius 3 is 1.76 bits per heavy atom. The lowest BCUT2D eigenvalue weighted by atomic mass is 9.95. The lowest BCUT2D eigenvalue weighted by Gasteiger charge is -2.43. The van der Waals surface area contributed by atoms with E-state index in [9.17, 15) is 19.5 Å². The van der Waals surface area contributed by atoms with Crippen LogP contribution in [0.4, 0.5) is 0 Å². The Bertz CT molecular complexity index is 407. The van der Waals surface area contributed by atoms with E-state index in [2.05, 4.69) is 0 Å². The molecule has 0 aromatic carbocycles. The number of hydrogen-bond donors (Lipinski definition) is 1. The van der Waals surface area contributed by atoms with Crippen LogP contribution >= 0.6 is 0 Å². The predicted octanol–water partition coefficient (Wildman–Crippen LogP) is -0.439. The maximum atomic E-state index is 11.3. The van der Waals surface area contributed by atoms with Crippen LogP contribution in [0, 0.1) is 0 Å². The molecule has 0 aliphatic carbocycles. The van der Waals surface area contributed by atoms with Gasteiger partial charge in [-0.3, -0.25) is 14.4 Å². The fraction of sp³-hybridized carbons (Fsp3) is 0.769. The van der Waals surface area contributed by atoms with Crippen molar-refractivity contribution >= 4 is 17.9 Å².